The van der Waals surface area contributed by atoms with Gasteiger partial charge in [0.15, 0.2) is 0 Å². The number of carbonyl (C=O) groups is 1. The number of thiophene rings is 1. The van der Waals surface area contributed by atoms with Crippen LogP contribution >= 0.6 is 22.9 Å². The van der Waals surface area contributed by atoms with Crippen molar-refractivity contribution in [3.05, 3.63) is 69.1 Å². The molecule has 3 rings (SSSR count). The quantitative estimate of drug-likeness (QED) is 0.675. The number of hydrogen-bond donors (Lipinski definition) is 1. The molecular weight excluding hydrogens is 358 g/mol. The largest absolute Gasteiger partial charge is 0.489 e. The van der Waals surface area contributed by atoms with E-state index >= 15 is 0 Å². The van der Waals surface area contributed by atoms with Gasteiger partial charge in [-0.3, -0.25) is 9.48 Å². The van der Waals surface area contributed by atoms with Crippen LogP contribution in [0.5, 0.6) is 5.75 Å². The Balaban J connectivity index is 1.52. The van der Waals surface area contributed by atoms with E-state index in [1.807, 2.05) is 47.4 Å². The molecule has 130 valence electrons. The Morgan fingerprint density at radius 2 is 2.24 bits per heavy atom. The van der Waals surface area contributed by atoms with Crippen molar-refractivity contribution in [1.82, 2.24) is 15.1 Å². The minimum atomic E-state index is -0.106. The number of amides is 1. The molecule has 0 fully saturated rings. The van der Waals surface area contributed by atoms with Gasteiger partial charge in [-0.25, -0.2) is 0 Å². The fraction of sp³-hybridized carbons (Fsp3) is 0.222. The third kappa shape index (κ3) is 4.84. The van der Waals surface area contributed by atoms with E-state index in [9.17, 15) is 4.79 Å². The molecule has 2 heterocycles. The Kier molecular flexibility index (Phi) is 5.73. The number of hydrogen-bond acceptors (Lipinski definition) is 4. The fourth-order valence-electron chi connectivity index (χ4n) is 2.23. The molecule has 0 radical (unpaired) electrons. The van der Waals surface area contributed by atoms with Crippen LogP contribution in [0.2, 0.25) is 5.02 Å². The second-order valence-electron chi connectivity index (χ2n) is 5.41. The van der Waals surface area contributed by atoms with Crippen molar-refractivity contribution in [3.63, 3.8) is 0 Å². The van der Waals surface area contributed by atoms with Crippen LogP contribution in [0, 0.1) is 0 Å². The van der Waals surface area contributed by atoms with Crippen molar-refractivity contribution in [1.29, 1.82) is 0 Å². The Bertz CT molecular complexity index is 859. The first-order valence-corrected chi connectivity index (χ1v) is 9.16. The van der Waals surface area contributed by atoms with Crippen molar-refractivity contribution in [3.8, 4) is 5.75 Å². The molecule has 0 spiro atoms. The van der Waals surface area contributed by atoms with Gasteiger partial charge < -0.3 is 10.1 Å². The molecule has 0 aliphatic rings. The Hall–Kier alpha value is -2.31. The first-order valence-electron chi connectivity index (χ1n) is 7.90. The molecule has 0 saturated carbocycles. The molecule has 0 saturated heterocycles. The normalized spacial score (nSPS) is 10.6. The summed E-state index contributed by atoms with van der Waals surface area (Å²) in [6, 6.07) is 11.0. The maximum Gasteiger partial charge on any atom is 0.261 e. The summed E-state index contributed by atoms with van der Waals surface area (Å²) in [4.78, 5) is 12.9. The monoisotopic (exact) mass is 375 g/mol. The van der Waals surface area contributed by atoms with Gasteiger partial charge >= 0.3 is 0 Å². The van der Waals surface area contributed by atoms with E-state index in [0.717, 1.165) is 17.8 Å². The number of halogens is 1. The third-order valence-corrected chi connectivity index (χ3v) is 4.74. The molecular formula is C18H18ClN3O2S. The van der Waals surface area contributed by atoms with Crippen LogP contribution in [-0.2, 0) is 19.7 Å². The lowest BCUT2D eigenvalue weighted by atomic mass is 10.3. The lowest BCUT2D eigenvalue weighted by Gasteiger charge is -2.04. The van der Waals surface area contributed by atoms with Crippen molar-refractivity contribution in [2.45, 2.75) is 26.6 Å². The van der Waals surface area contributed by atoms with Gasteiger partial charge in [0.25, 0.3) is 5.91 Å². The molecule has 0 unspecified atom stereocenters. The first kappa shape index (κ1) is 17.5. The van der Waals surface area contributed by atoms with Gasteiger partial charge in [-0.2, -0.15) is 5.10 Å². The lowest BCUT2D eigenvalue weighted by molar-refractivity contribution is 0.0954. The topological polar surface area (TPSA) is 56.2 Å². The van der Waals surface area contributed by atoms with E-state index in [1.54, 1.807) is 12.1 Å². The van der Waals surface area contributed by atoms with E-state index < -0.39 is 0 Å². The Morgan fingerprint density at radius 1 is 1.36 bits per heavy atom. The number of nitrogens with zero attached hydrogens (tertiary/aromatic N) is 2. The molecule has 5 nitrogen and oxygen atoms in total. The predicted molar refractivity (Wildman–Crippen MR) is 99.2 cm³/mol. The van der Waals surface area contributed by atoms with Crippen LogP contribution in [-0.4, -0.2) is 15.7 Å². The van der Waals surface area contributed by atoms with Crippen LogP contribution in [0.15, 0.2) is 48.0 Å². The van der Waals surface area contributed by atoms with Crippen molar-refractivity contribution >= 4 is 28.8 Å². The number of ether oxygens (including phenoxy) is 1. The van der Waals surface area contributed by atoms with Crippen LogP contribution in [0.3, 0.4) is 0 Å². The number of benzene rings is 1. The summed E-state index contributed by atoms with van der Waals surface area (Å²) < 4.78 is 7.52. The average Bonchev–Trinajstić information content (AvgIpc) is 3.27. The van der Waals surface area contributed by atoms with Crippen LogP contribution in [0.1, 0.15) is 27.9 Å². The van der Waals surface area contributed by atoms with Gasteiger partial charge in [-0.15, -0.1) is 11.3 Å². The molecule has 2 aromatic heterocycles. The highest BCUT2D eigenvalue weighted by atomic mass is 35.5. The summed E-state index contributed by atoms with van der Waals surface area (Å²) in [5, 5.41) is 9.78. The summed E-state index contributed by atoms with van der Waals surface area (Å²) in [6.45, 7) is 3.64. The number of aromatic nitrogens is 2. The maximum atomic E-state index is 12.2. The zero-order valence-electron chi connectivity index (χ0n) is 13.7. The fourth-order valence-corrected chi connectivity index (χ4v) is 3.22. The standard InChI is InChI=1S/C18H18ClN3O2S/c1-2-22-7-6-15(21-22)10-20-18(23)17-8-13(12-25-17)11-24-16-5-3-4-14(19)9-16/h3-9,12H,2,10-11H2,1H3,(H,20,23). The van der Waals surface area contributed by atoms with Gasteiger partial charge in [0, 0.05) is 23.3 Å². The van der Waals surface area contributed by atoms with Gasteiger partial charge in [-0.1, -0.05) is 17.7 Å². The van der Waals surface area contributed by atoms with E-state index in [4.69, 9.17) is 16.3 Å². The van der Waals surface area contributed by atoms with Gasteiger partial charge in [0.2, 0.25) is 0 Å². The van der Waals surface area contributed by atoms with Crippen molar-refractivity contribution in [2.75, 3.05) is 0 Å². The lowest BCUT2D eigenvalue weighted by Crippen LogP contribution is -2.22. The summed E-state index contributed by atoms with van der Waals surface area (Å²) in [5.74, 6) is 0.598. The van der Waals surface area contributed by atoms with Gasteiger partial charge in [0.1, 0.15) is 12.4 Å². The highest BCUT2D eigenvalue weighted by molar-refractivity contribution is 7.12. The van der Waals surface area contributed by atoms with E-state index in [1.165, 1.54) is 11.3 Å². The maximum absolute atomic E-state index is 12.2. The summed E-state index contributed by atoms with van der Waals surface area (Å²) in [6.07, 6.45) is 1.90. The molecule has 0 atom stereocenters. The zero-order valence-corrected chi connectivity index (χ0v) is 15.3. The van der Waals surface area contributed by atoms with Crippen LogP contribution in [0.4, 0.5) is 0 Å². The highest BCUT2D eigenvalue weighted by Crippen LogP contribution is 2.20. The molecule has 1 N–H and O–H groups in total. The molecule has 1 amide bonds. The number of carbonyl (C=O) groups excluding carboxylic acids is 1. The van der Waals surface area contributed by atoms with Gasteiger partial charge in [-0.05, 0) is 42.6 Å². The van der Waals surface area contributed by atoms with Gasteiger partial charge in [0.05, 0.1) is 17.1 Å². The predicted octanol–water partition coefficient (Wildman–Crippen LogP) is 4.13. The Morgan fingerprint density at radius 3 is 3.00 bits per heavy atom. The highest BCUT2D eigenvalue weighted by Gasteiger charge is 2.10. The second kappa shape index (κ2) is 8.18. The molecule has 0 aliphatic heterocycles. The van der Waals surface area contributed by atoms with E-state index in [-0.39, 0.29) is 5.91 Å². The summed E-state index contributed by atoms with van der Waals surface area (Å²) >= 11 is 7.33. The molecule has 0 aliphatic carbocycles. The summed E-state index contributed by atoms with van der Waals surface area (Å²) in [7, 11) is 0. The second-order valence-corrected chi connectivity index (χ2v) is 6.76. The number of aryl methyl sites for hydroxylation is 1. The molecule has 3 aromatic rings. The minimum absolute atomic E-state index is 0.106. The SMILES string of the molecule is CCn1ccc(CNC(=O)c2cc(COc3cccc(Cl)c3)cs2)n1. The molecule has 7 heteroatoms. The van der Waals surface area contributed by atoms with Crippen LogP contribution < -0.4 is 10.1 Å². The van der Waals surface area contributed by atoms with E-state index in [2.05, 4.69) is 10.4 Å². The smallest absolute Gasteiger partial charge is 0.261 e. The molecule has 0 bridgehead atoms. The van der Waals surface area contributed by atoms with Crippen molar-refractivity contribution < 1.29 is 9.53 Å². The van der Waals surface area contributed by atoms with Crippen molar-refractivity contribution in [2.24, 2.45) is 0 Å². The summed E-state index contributed by atoms with van der Waals surface area (Å²) in [5.41, 5.74) is 1.79. The molecule has 25 heavy (non-hydrogen) atoms. The number of nitrogens with one attached hydrogen (secondary N) is 1. The van der Waals surface area contributed by atoms with E-state index in [0.29, 0.717) is 28.8 Å². The first-order chi connectivity index (χ1) is 12.1. The molecule has 1 aromatic carbocycles. The minimum Gasteiger partial charge on any atom is -0.489 e. The van der Waals surface area contributed by atoms with Crippen LogP contribution in [0.25, 0.3) is 0 Å². The zero-order chi connectivity index (χ0) is 17.6. The number of rotatable bonds is 7. The average molecular weight is 376 g/mol. The Labute approximate surface area is 155 Å². The third-order valence-electron chi connectivity index (χ3n) is 3.53.